The molecule has 0 spiro atoms. The number of fused-ring (bicyclic) bond motifs is 1. The largest absolute Gasteiger partial charge is 0.347 e. The predicted molar refractivity (Wildman–Crippen MR) is 114 cm³/mol. The number of rotatable bonds is 5. The maximum atomic E-state index is 12.2. The Bertz CT molecular complexity index is 1020. The third kappa shape index (κ3) is 5.48. The van der Waals surface area contributed by atoms with Gasteiger partial charge in [0.15, 0.2) is 0 Å². The van der Waals surface area contributed by atoms with Crippen LogP contribution >= 0.6 is 11.6 Å². The zero-order valence-electron chi connectivity index (χ0n) is 15.9. The highest BCUT2D eigenvalue weighted by Crippen LogP contribution is 2.31. The van der Waals surface area contributed by atoms with Crippen LogP contribution in [0.15, 0.2) is 42.5 Å². The molecule has 2 amide bonds. The highest BCUT2D eigenvalue weighted by atomic mass is 35.5. The zero-order chi connectivity index (χ0) is 21.0. The van der Waals surface area contributed by atoms with Gasteiger partial charge < -0.3 is 10.6 Å². The average Bonchev–Trinajstić information content (AvgIpc) is 2.68. The molecule has 0 radical (unpaired) electrons. The highest BCUT2D eigenvalue weighted by Gasteiger charge is 2.24. The lowest BCUT2D eigenvalue weighted by atomic mass is 10.0. The van der Waals surface area contributed by atoms with Crippen molar-refractivity contribution in [2.75, 3.05) is 29.0 Å². The van der Waals surface area contributed by atoms with E-state index in [1.165, 1.54) is 4.31 Å². The standard InChI is InChI=1S/C20H22ClN3O4S/c1-29(27,28)24-12-2-3-15-6-9-17(13-18(15)24)23-20(26)19(25)22-11-10-14-4-7-16(21)8-5-14/h4-9,13H,2-3,10-12H2,1H3,(H,22,25)(H,23,26). The molecule has 0 aliphatic carbocycles. The van der Waals surface area contributed by atoms with Gasteiger partial charge in [0.05, 0.1) is 11.9 Å². The number of hydrogen-bond donors (Lipinski definition) is 2. The van der Waals surface area contributed by atoms with Gasteiger partial charge >= 0.3 is 11.8 Å². The normalized spacial score (nSPS) is 13.5. The first kappa shape index (κ1) is 21.1. The van der Waals surface area contributed by atoms with Crippen molar-refractivity contribution in [2.45, 2.75) is 19.3 Å². The van der Waals surface area contributed by atoms with Crippen molar-refractivity contribution in [2.24, 2.45) is 0 Å². The summed E-state index contributed by atoms with van der Waals surface area (Å²) in [7, 11) is -3.41. The molecule has 2 aromatic rings. The fourth-order valence-electron chi connectivity index (χ4n) is 3.20. The van der Waals surface area contributed by atoms with Gasteiger partial charge in [-0.2, -0.15) is 0 Å². The summed E-state index contributed by atoms with van der Waals surface area (Å²) in [5.74, 6) is -1.56. The van der Waals surface area contributed by atoms with Gasteiger partial charge in [0.2, 0.25) is 10.0 Å². The highest BCUT2D eigenvalue weighted by molar-refractivity contribution is 7.92. The summed E-state index contributed by atoms with van der Waals surface area (Å²) in [5.41, 5.74) is 2.80. The Kier molecular flexibility index (Phi) is 6.44. The SMILES string of the molecule is CS(=O)(=O)N1CCCc2ccc(NC(=O)C(=O)NCCc3ccc(Cl)cc3)cc21. The van der Waals surface area contributed by atoms with Crippen molar-refractivity contribution in [3.05, 3.63) is 58.6 Å². The van der Waals surface area contributed by atoms with E-state index >= 15 is 0 Å². The van der Waals surface area contributed by atoms with E-state index < -0.39 is 21.8 Å². The van der Waals surface area contributed by atoms with Gasteiger partial charge in [-0.15, -0.1) is 0 Å². The number of anilines is 2. The summed E-state index contributed by atoms with van der Waals surface area (Å²) in [6.07, 6.45) is 3.22. The second kappa shape index (κ2) is 8.84. The number of halogens is 1. The molecule has 0 saturated carbocycles. The number of aryl methyl sites for hydroxylation is 1. The molecule has 1 aliphatic heterocycles. The van der Waals surface area contributed by atoms with Gasteiger partial charge in [-0.05, 0) is 54.7 Å². The summed E-state index contributed by atoms with van der Waals surface area (Å²) >= 11 is 5.83. The van der Waals surface area contributed by atoms with Crippen molar-refractivity contribution < 1.29 is 18.0 Å². The van der Waals surface area contributed by atoms with E-state index in [1.54, 1.807) is 30.3 Å². The topological polar surface area (TPSA) is 95.6 Å². The van der Waals surface area contributed by atoms with Crippen molar-refractivity contribution >= 4 is 44.8 Å². The number of nitrogens with one attached hydrogen (secondary N) is 2. The van der Waals surface area contributed by atoms with Gasteiger partial charge in [0.1, 0.15) is 0 Å². The smallest absolute Gasteiger partial charge is 0.313 e. The molecule has 0 atom stereocenters. The zero-order valence-corrected chi connectivity index (χ0v) is 17.5. The molecule has 2 aromatic carbocycles. The molecule has 0 saturated heterocycles. The quantitative estimate of drug-likeness (QED) is 0.704. The molecule has 154 valence electrons. The lowest BCUT2D eigenvalue weighted by Gasteiger charge is -2.29. The summed E-state index contributed by atoms with van der Waals surface area (Å²) in [4.78, 5) is 24.2. The number of amides is 2. The van der Waals surface area contributed by atoms with E-state index in [-0.39, 0.29) is 0 Å². The molecule has 0 aromatic heterocycles. The average molecular weight is 436 g/mol. The molecule has 9 heteroatoms. The van der Waals surface area contributed by atoms with Gasteiger partial charge in [0, 0.05) is 23.8 Å². The van der Waals surface area contributed by atoms with Crippen LogP contribution in [0.2, 0.25) is 5.02 Å². The Morgan fingerprint density at radius 2 is 1.83 bits per heavy atom. The van der Waals surface area contributed by atoms with Gasteiger partial charge in [-0.1, -0.05) is 29.8 Å². The minimum atomic E-state index is -3.41. The second-order valence-corrected chi connectivity index (χ2v) is 9.21. The van der Waals surface area contributed by atoms with Crippen LogP contribution in [-0.4, -0.2) is 39.6 Å². The van der Waals surface area contributed by atoms with Crippen molar-refractivity contribution in [1.29, 1.82) is 0 Å². The summed E-state index contributed by atoms with van der Waals surface area (Å²) in [5, 5.41) is 5.74. The molecule has 1 aliphatic rings. The Labute approximate surface area is 175 Å². The Morgan fingerprint density at radius 1 is 1.10 bits per heavy atom. The van der Waals surface area contributed by atoms with Crippen LogP contribution in [0.4, 0.5) is 11.4 Å². The monoisotopic (exact) mass is 435 g/mol. The first-order valence-electron chi connectivity index (χ1n) is 9.18. The van der Waals surface area contributed by atoms with Crippen LogP contribution < -0.4 is 14.9 Å². The van der Waals surface area contributed by atoms with E-state index in [4.69, 9.17) is 11.6 Å². The van der Waals surface area contributed by atoms with E-state index in [0.717, 1.165) is 30.2 Å². The van der Waals surface area contributed by atoms with Crippen LogP contribution in [0.1, 0.15) is 17.5 Å². The molecule has 0 fully saturated rings. The van der Waals surface area contributed by atoms with Crippen molar-refractivity contribution in [3.63, 3.8) is 0 Å². The molecule has 0 unspecified atom stereocenters. The van der Waals surface area contributed by atoms with E-state index in [9.17, 15) is 18.0 Å². The fourth-order valence-corrected chi connectivity index (χ4v) is 4.32. The minimum Gasteiger partial charge on any atom is -0.347 e. The molecule has 3 rings (SSSR count). The molecular formula is C20H22ClN3O4S. The number of nitrogens with zero attached hydrogens (tertiary/aromatic N) is 1. The molecule has 7 nitrogen and oxygen atoms in total. The maximum absolute atomic E-state index is 12.2. The summed E-state index contributed by atoms with van der Waals surface area (Å²) in [6.45, 7) is 0.703. The van der Waals surface area contributed by atoms with E-state index in [2.05, 4.69) is 10.6 Å². The Balaban J connectivity index is 1.60. The first-order valence-corrected chi connectivity index (χ1v) is 11.4. The Hall–Kier alpha value is -2.58. The summed E-state index contributed by atoms with van der Waals surface area (Å²) in [6, 6.07) is 12.3. The number of sulfonamides is 1. The number of hydrogen-bond acceptors (Lipinski definition) is 4. The Morgan fingerprint density at radius 3 is 2.52 bits per heavy atom. The lowest BCUT2D eigenvalue weighted by molar-refractivity contribution is -0.136. The number of carbonyl (C=O) groups excluding carboxylic acids is 2. The van der Waals surface area contributed by atoms with Crippen LogP contribution in [0.5, 0.6) is 0 Å². The van der Waals surface area contributed by atoms with E-state index in [0.29, 0.717) is 35.9 Å². The molecule has 2 N–H and O–H groups in total. The summed E-state index contributed by atoms with van der Waals surface area (Å²) < 4.78 is 25.4. The van der Waals surface area contributed by atoms with E-state index in [1.807, 2.05) is 12.1 Å². The number of carbonyl (C=O) groups is 2. The minimum absolute atomic E-state index is 0.305. The molecule has 1 heterocycles. The third-order valence-electron chi connectivity index (χ3n) is 4.64. The van der Waals surface area contributed by atoms with Crippen molar-refractivity contribution in [1.82, 2.24) is 5.32 Å². The molecular weight excluding hydrogens is 414 g/mol. The lowest BCUT2D eigenvalue weighted by Crippen LogP contribution is -2.37. The predicted octanol–water partition coefficient (Wildman–Crippen LogP) is 2.35. The first-order chi connectivity index (χ1) is 13.7. The van der Waals surface area contributed by atoms with Crippen molar-refractivity contribution in [3.8, 4) is 0 Å². The van der Waals surface area contributed by atoms with Crippen LogP contribution in [-0.2, 0) is 32.5 Å². The van der Waals surface area contributed by atoms with Crippen LogP contribution in [0.25, 0.3) is 0 Å². The fraction of sp³-hybridized carbons (Fsp3) is 0.300. The molecule has 29 heavy (non-hydrogen) atoms. The van der Waals surface area contributed by atoms with Gasteiger partial charge in [0.25, 0.3) is 0 Å². The van der Waals surface area contributed by atoms with Crippen LogP contribution in [0.3, 0.4) is 0 Å². The maximum Gasteiger partial charge on any atom is 0.313 e. The van der Waals surface area contributed by atoms with Crippen LogP contribution in [0, 0.1) is 0 Å². The second-order valence-electron chi connectivity index (χ2n) is 6.87. The third-order valence-corrected chi connectivity index (χ3v) is 6.07. The molecule has 0 bridgehead atoms. The van der Waals surface area contributed by atoms with Gasteiger partial charge in [-0.25, -0.2) is 8.42 Å². The number of benzene rings is 2. The van der Waals surface area contributed by atoms with Gasteiger partial charge in [-0.3, -0.25) is 13.9 Å².